The Hall–Kier alpha value is -3.10. The number of aryl methyl sites for hydroxylation is 1. The molecule has 4 N–H and O–H groups in total. The van der Waals surface area contributed by atoms with Crippen molar-refractivity contribution in [3.05, 3.63) is 34.9 Å². The number of nitrogens with zero attached hydrogens (tertiary/aromatic N) is 1. The number of primary amides is 1. The normalized spacial score (nSPS) is 16.1. The molecule has 9 heteroatoms. The molecular formula is C26H40N4O5. The lowest BCUT2D eigenvalue weighted by molar-refractivity contribution is -0.142. The minimum absolute atomic E-state index is 0.0497. The summed E-state index contributed by atoms with van der Waals surface area (Å²) in [5.74, 6) is -1.67. The number of alkyl carbamates (subject to hydrolysis) is 1. The Kier molecular flexibility index (Phi) is 9.68. The summed E-state index contributed by atoms with van der Waals surface area (Å²) in [6, 6.07) is 3.44. The Morgan fingerprint density at radius 1 is 1.11 bits per heavy atom. The highest BCUT2D eigenvalue weighted by atomic mass is 16.6. The predicted octanol–water partition coefficient (Wildman–Crippen LogP) is 3.02. The van der Waals surface area contributed by atoms with Crippen LogP contribution in [0.1, 0.15) is 82.0 Å². The highest BCUT2D eigenvalue weighted by Crippen LogP contribution is 2.27. The molecule has 1 aromatic carbocycles. The van der Waals surface area contributed by atoms with Gasteiger partial charge in [-0.3, -0.25) is 14.4 Å². The minimum Gasteiger partial charge on any atom is -0.444 e. The van der Waals surface area contributed by atoms with Crippen molar-refractivity contribution in [3.63, 3.8) is 0 Å². The molecule has 35 heavy (non-hydrogen) atoms. The van der Waals surface area contributed by atoms with Gasteiger partial charge >= 0.3 is 6.09 Å². The zero-order valence-corrected chi connectivity index (χ0v) is 21.8. The van der Waals surface area contributed by atoms with Crippen LogP contribution in [0.3, 0.4) is 0 Å². The molecule has 2 atom stereocenters. The van der Waals surface area contributed by atoms with Crippen LogP contribution in [0.2, 0.25) is 0 Å². The van der Waals surface area contributed by atoms with E-state index in [2.05, 4.69) is 10.6 Å². The lowest BCUT2D eigenvalue weighted by atomic mass is 9.93. The van der Waals surface area contributed by atoms with E-state index >= 15 is 0 Å². The maximum absolute atomic E-state index is 13.6. The van der Waals surface area contributed by atoms with Gasteiger partial charge in [0.25, 0.3) is 0 Å². The van der Waals surface area contributed by atoms with E-state index in [-0.39, 0.29) is 11.9 Å². The summed E-state index contributed by atoms with van der Waals surface area (Å²) >= 11 is 0. The Labute approximate surface area is 208 Å². The molecular weight excluding hydrogens is 448 g/mol. The molecule has 4 amide bonds. The number of benzene rings is 1. The zero-order chi connectivity index (χ0) is 26.3. The summed E-state index contributed by atoms with van der Waals surface area (Å²) < 4.78 is 5.26. The highest BCUT2D eigenvalue weighted by Gasteiger charge is 2.36. The molecule has 0 spiro atoms. The first kappa shape index (κ1) is 28.1. The molecule has 194 valence electrons. The summed E-state index contributed by atoms with van der Waals surface area (Å²) in [4.78, 5) is 52.5. The van der Waals surface area contributed by atoms with E-state index in [1.54, 1.807) is 20.8 Å². The van der Waals surface area contributed by atoms with E-state index in [1.807, 2.05) is 32.0 Å². The molecule has 1 aliphatic carbocycles. The number of nitrogens with one attached hydrogen (secondary N) is 2. The quantitative estimate of drug-likeness (QED) is 0.518. The van der Waals surface area contributed by atoms with Crippen LogP contribution in [0.15, 0.2) is 18.2 Å². The third-order valence-electron chi connectivity index (χ3n) is 6.27. The average molecular weight is 489 g/mol. The molecule has 1 saturated carbocycles. The molecule has 2 rings (SSSR count). The van der Waals surface area contributed by atoms with Gasteiger partial charge in [0.1, 0.15) is 17.7 Å². The van der Waals surface area contributed by atoms with Crippen molar-refractivity contribution in [2.45, 2.75) is 96.9 Å². The number of nitrogens with two attached hydrogens (primary N) is 1. The SMILES string of the molecule is Cc1cccc(C(C(=O)NC2CCCCC2)N(C)C(=O)C(CC(N)=O)NC(=O)OC(C)(C)C)c1C. The predicted molar refractivity (Wildman–Crippen MR) is 133 cm³/mol. The number of hydrogen-bond acceptors (Lipinski definition) is 5. The number of hydrogen-bond donors (Lipinski definition) is 3. The molecule has 2 unspecified atom stereocenters. The number of rotatable bonds is 8. The number of likely N-dealkylation sites (N-methyl/N-ethyl adjacent to an activating group) is 1. The lowest BCUT2D eigenvalue weighted by Crippen LogP contribution is -2.53. The van der Waals surface area contributed by atoms with Gasteiger partial charge in [-0.2, -0.15) is 0 Å². The summed E-state index contributed by atoms with van der Waals surface area (Å²) in [7, 11) is 1.50. The lowest BCUT2D eigenvalue weighted by Gasteiger charge is -2.34. The van der Waals surface area contributed by atoms with Crippen molar-refractivity contribution in [1.29, 1.82) is 0 Å². The third kappa shape index (κ3) is 8.26. The molecule has 0 aromatic heterocycles. The van der Waals surface area contributed by atoms with Gasteiger partial charge in [-0.15, -0.1) is 0 Å². The monoisotopic (exact) mass is 488 g/mol. The average Bonchev–Trinajstić information content (AvgIpc) is 2.74. The Morgan fingerprint density at radius 3 is 2.31 bits per heavy atom. The maximum Gasteiger partial charge on any atom is 0.408 e. The first-order chi connectivity index (χ1) is 16.3. The standard InChI is InChI=1S/C26H40N4O5/c1-16-11-10-14-19(17(16)2)22(23(32)28-18-12-8-7-9-13-18)30(6)24(33)20(15-21(27)31)29-25(34)35-26(3,4)5/h10-11,14,18,20,22H,7-9,12-13,15H2,1-6H3,(H2,27,31)(H,28,32)(H,29,34). The van der Waals surface area contributed by atoms with Crippen LogP contribution >= 0.6 is 0 Å². The Morgan fingerprint density at radius 2 is 1.74 bits per heavy atom. The van der Waals surface area contributed by atoms with Crippen molar-refractivity contribution in [2.75, 3.05) is 7.05 Å². The van der Waals surface area contributed by atoms with E-state index in [1.165, 1.54) is 11.9 Å². The number of carbonyl (C=O) groups is 4. The van der Waals surface area contributed by atoms with Crippen molar-refractivity contribution in [3.8, 4) is 0 Å². The second-order valence-electron chi connectivity index (χ2n) is 10.4. The topological polar surface area (TPSA) is 131 Å². The van der Waals surface area contributed by atoms with Crippen molar-refractivity contribution in [2.24, 2.45) is 5.73 Å². The summed E-state index contributed by atoms with van der Waals surface area (Å²) in [6.07, 6.45) is 3.77. The van der Waals surface area contributed by atoms with Crippen molar-refractivity contribution >= 4 is 23.8 Å². The molecule has 0 heterocycles. The zero-order valence-electron chi connectivity index (χ0n) is 21.8. The molecule has 1 aliphatic rings. The second-order valence-corrected chi connectivity index (χ2v) is 10.4. The summed E-state index contributed by atoms with van der Waals surface area (Å²) in [6.45, 7) is 8.92. The molecule has 0 radical (unpaired) electrons. The highest BCUT2D eigenvalue weighted by molar-refractivity contribution is 5.94. The van der Waals surface area contributed by atoms with Crippen LogP contribution in [0.25, 0.3) is 0 Å². The van der Waals surface area contributed by atoms with Gasteiger partial charge in [0.15, 0.2) is 0 Å². The van der Waals surface area contributed by atoms with E-state index < -0.39 is 42.0 Å². The fourth-order valence-electron chi connectivity index (χ4n) is 4.35. The Bertz CT molecular complexity index is 934. The molecule has 9 nitrogen and oxygen atoms in total. The van der Waals surface area contributed by atoms with Crippen molar-refractivity contribution in [1.82, 2.24) is 15.5 Å². The fourth-order valence-corrected chi connectivity index (χ4v) is 4.35. The molecule has 0 saturated heterocycles. The first-order valence-electron chi connectivity index (χ1n) is 12.2. The van der Waals surface area contributed by atoms with Crippen LogP contribution < -0.4 is 16.4 Å². The molecule has 0 bridgehead atoms. The second kappa shape index (κ2) is 12.0. The third-order valence-corrected chi connectivity index (χ3v) is 6.27. The van der Waals surface area contributed by atoms with E-state index in [0.29, 0.717) is 5.56 Å². The minimum atomic E-state index is -1.28. The van der Waals surface area contributed by atoms with Gasteiger partial charge in [-0.05, 0) is 64.2 Å². The molecule has 1 fully saturated rings. The van der Waals surface area contributed by atoms with Gasteiger partial charge in [0.2, 0.25) is 17.7 Å². The maximum atomic E-state index is 13.6. The van der Waals surface area contributed by atoms with Crippen LogP contribution in [0.5, 0.6) is 0 Å². The fraction of sp³-hybridized carbons (Fsp3) is 0.615. The van der Waals surface area contributed by atoms with E-state index in [9.17, 15) is 19.2 Å². The van der Waals surface area contributed by atoms with Gasteiger partial charge in [0.05, 0.1) is 6.42 Å². The van der Waals surface area contributed by atoms with Crippen LogP contribution in [-0.4, -0.2) is 53.4 Å². The number of ether oxygens (including phenoxy) is 1. The van der Waals surface area contributed by atoms with Crippen LogP contribution in [-0.2, 0) is 19.1 Å². The molecule has 0 aliphatic heterocycles. The van der Waals surface area contributed by atoms with Gasteiger partial charge in [-0.25, -0.2) is 4.79 Å². The van der Waals surface area contributed by atoms with Gasteiger partial charge in [0, 0.05) is 13.1 Å². The number of carbonyl (C=O) groups excluding carboxylic acids is 4. The van der Waals surface area contributed by atoms with Crippen molar-refractivity contribution < 1.29 is 23.9 Å². The van der Waals surface area contributed by atoms with Gasteiger partial charge in [-0.1, -0.05) is 37.5 Å². The van der Waals surface area contributed by atoms with E-state index in [0.717, 1.165) is 43.2 Å². The number of amides is 4. The van der Waals surface area contributed by atoms with Crippen LogP contribution in [0.4, 0.5) is 4.79 Å². The molecule has 1 aromatic rings. The van der Waals surface area contributed by atoms with Crippen LogP contribution in [0, 0.1) is 13.8 Å². The first-order valence-corrected chi connectivity index (χ1v) is 12.2. The summed E-state index contributed by atoms with van der Waals surface area (Å²) in [5.41, 5.74) is 7.13. The van der Waals surface area contributed by atoms with Gasteiger partial charge < -0.3 is 26.0 Å². The largest absolute Gasteiger partial charge is 0.444 e. The smallest absolute Gasteiger partial charge is 0.408 e. The van der Waals surface area contributed by atoms with E-state index in [4.69, 9.17) is 10.5 Å². The summed E-state index contributed by atoms with van der Waals surface area (Å²) in [5, 5.41) is 5.57. The Balaban J connectivity index is 2.37.